The van der Waals surface area contributed by atoms with Crippen LogP contribution in [0.4, 0.5) is 0 Å². The number of esters is 1. The largest absolute Gasteiger partial charge is 0.493 e. The van der Waals surface area contributed by atoms with Crippen molar-refractivity contribution in [3.05, 3.63) is 120 Å². The lowest BCUT2D eigenvalue weighted by atomic mass is 9.96. The molecular formula is C33H32N2O7S. The second-order valence-corrected chi connectivity index (χ2v) is 10.7. The predicted octanol–water partition coefficient (Wildman–Crippen LogP) is 4.02. The molecule has 1 aliphatic rings. The van der Waals surface area contributed by atoms with E-state index < -0.39 is 12.0 Å². The fourth-order valence-corrected chi connectivity index (χ4v) is 5.82. The Bertz CT molecular complexity index is 1810. The van der Waals surface area contributed by atoms with E-state index in [2.05, 4.69) is 4.99 Å². The van der Waals surface area contributed by atoms with Gasteiger partial charge in [0.05, 0.1) is 42.7 Å². The lowest BCUT2D eigenvalue weighted by Gasteiger charge is -2.25. The minimum atomic E-state index is -0.748. The third-order valence-electron chi connectivity index (χ3n) is 6.91. The molecule has 1 aliphatic heterocycles. The molecule has 0 aliphatic carbocycles. The van der Waals surface area contributed by atoms with Gasteiger partial charge in [0.1, 0.15) is 19.0 Å². The van der Waals surface area contributed by atoms with Gasteiger partial charge in [-0.2, -0.15) is 0 Å². The molecular weight excluding hydrogens is 568 g/mol. The Kier molecular flexibility index (Phi) is 9.38. The molecule has 9 nitrogen and oxygen atoms in total. The number of hydrogen-bond donors (Lipinski definition) is 0. The average Bonchev–Trinajstić information content (AvgIpc) is 3.33. The lowest BCUT2D eigenvalue weighted by molar-refractivity contribution is -0.140. The summed E-state index contributed by atoms with van der Waals surface area (Å²) in [7, 11) is 4.66. The maximum atomic E-state index is 13.9. The molecule has 2 heterocycles. The van der Waals surface area contributed by atoms with Gasteiger partial charge < -0.3 is 23.7 Å². The molecule has 1 atom stereocenters. The van der Waals surface area contributed by atoms with Crippen molar-refractivity contribution in [1.29, 1.82) is 0 Å². The molecule has 0 radical (unpaired) electrons. The van der Waals surface area contributed by atoms with Gasteiger partial charge in [0.25, 0.3) is 5.56 Å². The van der Waals surface area contributed by atoms with E-state index in [1.165, 1.54) is 18.4 Å². The van der Waals surface area contributed by atoms with Crippen molar-refractivity contribution in [2.24, 2.45) is 4.99 Å². The van der Waals surface area contributed by atoms with Gasteiger partial charge in [0.2, 0.25) is 0 Å². The molecule has 1 unspecified atom stereocenters. The lowest BCUT2D eigenvalue weighted by Crippen LogP contribution is -2.40. The van der Waals surface area contributed by atoms with E-state index in [9.17, 15) is 9.59 Å². The van der Waals surface area contributed by atoms with Crippen LogP contribution in [0.15, 0.2) is 93.9 Å². The Labute approximate surface area is 252 Å². The van der Waals surface area contributed by atoms with Gasteiger partial charge >= 0.3 is 5.97 Å². The molecule has 4 aromatic rings. The minimum absolute atomic E-state index is 0.0782. The van der Waals surface area contributed by atoms with E-state index in [1.807, 2.05) is 60.7 Å². The maximum Gasteiger partial charge on any atom is 0.338 e. The first-order chi connectivity index (χ1) is 20.9. The van der Waals surface area contributed by atoms with Crippen LogP contribution in [0.1, 0.15) is 29.7 Å². The van der Waals surface area contributed by atoms with E-state index in [4.69, 9.17) is 23.7 Å². The smallest absolute Gasteiger partial charge is 0.338 e. The van der Waals surface area contributed by atoms with E-state index in [0.717, 1.165) is 16.7 Å². The number of carbonyl (C=O) groups excluding carboxylic acids is 1. The quantitative estimate of drug-likeness (QED) is 0.190. The van der Waals surface area contributed by atoms with Gasteiger partial charge in [-0.3, -0.25) is 9.36 Å². The van der Waals surface area contributed by atoms with Crippen molar-refractivity contribution in [3.63, 3.8) is 0 Å². The van der Waals surface area contributed by atoms with Crippen LogP contribution in [-0.4, -0.2) is 45.1 Å². The van der Waals surface area contributed by atoms with Gasteiger partial charge in [-0.05, 0) is 54.0 Å². The van der Waals surface area contributed by atoms with Crippen LogP contribution in [0.2, 0.25) is 0 Å². The van der Waals surface area contributed by atoms with Gasteiger partial charge in [-0.15, -0.1) is 0 Å². The van der Waals surface area contributed by atoms with E-state index in [0.29, 0.717) is 44.5 Å². The summed E-state index contributed by atoms with van der Waals surface area (Å²) >= 11 is 1.25. The Balaban J connectivity index is 1.55. The van der Waals surface area contributed by atoms with Gasteiger partial charge in [0.15, 0.2) is 16.3 Å². The highest BCUT2D eigenvalue weighted by Gasteiger charge is 2.33. The number of allylic oxidation sites excluding steroid dienone is 1. The molecule has 0 spiro atoms. The van der Waals surface area contributed by atoms with E-state index in [1.54, 1.807) is 43.9 Å². The van der Waals surface area contributed by atoms with Crippen LogP contribution in [0, 0.1) is 0 Å². The summed E-state index contributed by atoms with van der Waals surface area (Å²) in [5.74, 6) is 1.25. The van der Waals surface area contributed by atoms with Crippen LogP contribution in [-0.2, 0) is 20.9 Å². The third-order valence-corrected chi connectivity index (χ3v) is 7.89. The summed E-state index contributed by atoms with van der Waals surface area (Å²) in [6.07, 6.45) is 1.78. The van der Waals surface area contributed by atoms with Crippen LogP contribution in [0.3, 0.4) is 0 Å². The van der Waals surface area contributed by atoms with Crippen LogP contribution < -0.4 is 29.1 Å². The summed E-state index contributed by atoms with van der Waals surface area (Å²) in [6, 6.07) is 21.9. The average molecular weight is 601 g/mol. The molecule has 0 bridgehead atoms. The molecule has 10 heteroatoms. The molecule has 0 saturated carbocycles. The molecule has 222 valence electrons. The van der Waals surface area contributed by atoms with Crippen LogP contribution in [0.25, 0.3) is 6.08 Å². The first kappa shape index (κ1) is 29.8. The van der Waals surface area contributed by atoms with Crippen molar-refractivity contribution < 1.29 is 28.5 Å². The number of fused-ring (bicyclic) bond motifs is 1. The zero-order valence-electron chi connectivity index (χ0n) is 24.4. The number of thiazole rings is 1. The highest BCUT2D eigenvalue weighted by molar-refractivity contribution is 7.07. The number of hydrogen-bond acceptors (Lipinski definition) is 9. The second-order valence-electron chi connectivity index (χ2n) is 9.67. The number of ether oxygens (including phenoxy) is 5. The fourth-order valence-electron chi connectivity index (χ4n) is 4.77. The predicted molar refractivity (Wildman–Crippen MR) is 163 cm³/mol. The summed E-state index contributed by atoms with van der Waals surface area (Å²) in [5, 5.41) is 0. The number of benzene rings is 3. The second kappa shape index (κ2) is 13.5. The van der Waals surface area contributed by atoms with Crippen molar-refractivity contribution in [1.82, 2.24) is 4.57 Å². The zero-order valence-corrected chi connectivity index (χ0v) is 25.2. The molecule has 5 rings (SSSR count). The first-order valence-electron chi connectivity index (χ1n) is 13.6. The van der Waals surface area contributed by atoms with Crippen LogP contribution >= 0.6 is 11.3 Å². The van der Waals surface area contributed by atoms with E-state index >= 15 is 0 Å². The normalized spacial score (nSPS) is 14.6. The molecule has 0 N–H and O–H groups in total. The topological polar surface area (TPSA) is 97.6 Å². The minimum Gasteiger partial charge on any atom is -0.493 e. The number of rotatable bonds is 11. The molecule has 1 aromatic heterocycles. The Morgan fingerprint density at radius 2 is 1.70 bits per heavy atom. The van der Waals surface area contributed by atoms with Crippen molar-refractivity contribution >= 4 is 23.4 Å². The van der Waals surface area contributed by atoms with Gasteiger partial charge in [0, 0.05) is 7.11 Å². The molecule has 43 heavy (non-hydrogen) atoms. The number of aromatic nitrogens is 1. The van der Waals surface area contributed by atoms with Crippen LogP contribution in [0.5, 0.6) is 17.2 Å². The monoisotopic (exact) mass is 600 g/mol. The van der Waals surface area contributed by atoms with Gasteiger partial charge in [-0.1, -0.05) is 59.9 Å². The SMILES string of the molecule is COCCOC(=O)C1=C(C)N=c2s/c(=C\c3ccc(OC)c(OC)c3)c(=O)n2C1c1ccc(OCc2ccccc2)cc1. The van der Waals surface area contributed by atoms with E-state index in [-0.39, 0.29) is 18.8 Å². The standard InChI is InChI=1S/C33H32N2O7S/c1-21-29(32(37)41-17-16-38-2)30(24-11-13-25(14-12-24)42-20-22-8-6-5-7-9-22)35-31(36)28(43-33(35)34-21)19-23-10-15-26(39-3)27(18-23)40-4/h5-15,18-19,30H,16-17,20H2,1-4H3/b28-19-. The first-order valence-corrected chi connectivity index (χ1v) is 14.4. The molecule has 0 amide bonds. The maximum absolute atomic E-state index is 13.9. The summed E-state index contributed by atoms with van der Waals surface area (Å²) < 4.78 is 29.3. The number of methoxy groups -OCH3 is 3. The Hall–Kier alpha value is -4.67. The summed E-state index contributed by atoms with van der Waals surface area (Å²) in [4.78, 5) is 32.5. The number of nitrogens with zero attached hydrogens (tertiary/aromatic N) is 2. The fraction of sp³-hybridized carbons (Fsp3) is 0.242. The highest BCUT2D eigenvalue weighted by atomic mass is 32.1. The van der Waals surface area contributed by atoms with Crippen molar-refractivity contribution in [2.45, 2.75) is 19.6 Å². The molecule has 0 fully saturated rings. The molecule has 0 saturated heterocycles. The molecule has 3 aromatic carbocycles. The van der Waals surface area contributed by atoms with Crippen molar-refractivity contribution in [3.8, 4) is 17.2 Å². The third kappa shape index (κ3) is 6.55. The number of carbonyl (C=O) groups is 1. The summed E-state index contributed by atoms with van der Waals surface area (Å²) in [5.41, 5.74) is 3.03. The Morgan fingerprint density at radius 1 is 0.953 bits per heavy atom. The summed E-state index contributed by atoms with van der Waals surface area (Å²) in [6.45, 7) is 2.50. The Morgan fingerprint density at radius 3 is 2.40 bits per heavy atom. The zero-order chi connectivity index (χ0) is 30.3. The highest BCUT2D eigenvalue weighted by Crippen LogP contribution is 2.32. The van der Waals surface area contributed by atoms with Gasteiger partial charge in [-0.25, -0.2) is 9.79 Å². The van der Waals surface area contributed by atoms with Crippen molar-refractivity contribution in [2.75, 3.05) is 34.5 Å².